The minimum absolute atomic E-state index is 0.0503. The van der Waals surface area contributed by atoms with Crippen LogP contribution in [0.1, 0.15) is 28.1 Å². The second kappa shape index (κ2) is 5.98. The molecule has 4 heteroatoms. The highest BCUT2D eigenvalue weighted by Gasteiger charge is 2.07. The van der Waals surface area contributed by atoms with E-state index in [4.69, 9.17) is 9.84 Å². The predicted molar refractivity (Wildman–Crippen MR) is 72.9 cm³/mol. The molecular weight excluding hydrogens is 246 g/mol. The number of ether oxygens (including phenoxy) is 1. The van der Waals surface area contributed by atoms with Crippen LogP contribution in [0.2, 0.25) is 0 Å². The number of hydrogen-bond acceptors (Lipinski definition) is 4. The Labute approximate surface area is 111 Å². The molecule has 0 aliphatic heterocycles. The molecule has 2 rings (SSSR count). The number of aliphatic hydroxyl groups is 1. The first-order chi connectivity index (χ1) is 8.72. The zero-order valence-corrected chi connectivity index (χ0v) is 11.5. The number of rotatable bonds is 5. The topological polar surface area (TPSA) is 42.4 Å². The highest BCUT2D eigenvalue weighted by Crippen LogP contribution is 2.20. The molecule has 0 radical (unpaired) electrons. The van der Waals surface area contributed by atoms with E-state index >= 15 is 0 Å². The Bertz CT molecular complexity index is 505. The monoisotopic (exact) mass is 263 g/mol. The molecule has 0 amide bonds. The summed E-state index contributed by atoms with van der Waals surface area (Å²) >= 11 is 1.50. The fraction of sp³-hybridized carbons (Fsp3) is 0.357. The fourth-order valence-electron chi connectivity index (χ4n) is 1.66. The van der Waals surface area contributed by atoms with Gasteiger partial charge < -0.3 is 9.84 Å². The van der Waals surface area contributed by atoms with Crippen molar-refractivity contribution >= 4 is 11.3 Å². The second-order valence-electron chi connectivity index (χ2n) is 4.06. The van der Waals surface area contributed by atoms with E-state index < -0.39 is 0 Å². The van der Waals surface area contributed by atoms with E-state index in [9.17, 15) is 0 Å². The van der Waals surface area contributed by atoms with Crippen LogP contribution in [-0.2, 0) is 19.6 Å². The Morgan fingerprint density at radius 1 is 1.28 bits per heavy atom. The van der Waals surface area contributed by atoms with Crippen molar-refractivity contribution < 1.29 is 9.84 Å². The van der Waals surface area contributed by atoms with E-state index in [1.165, 1.54) is 16.9 Å². The summed E-state index contributed by atoms with van der Waals surface area (Å²) in [6, 6.07) is 8.10. The van der Waals surface area contributed by atoms with Gasteiger partial charge in [0.25, 0.3) is 0 Å². The SMILES string of the molecule is CCc1ccc(OCc2nc(C)c(CO)s2)cc1. The third kappa shape index (κ3) is 3.09. The molecule has 1 aromatic carbocycles. The van der Waals surface area contributed by atoms with Crippen LogP contribution in [0.15, 0.2) is 24.3 Å². The molecule has 0 fully saturated rings. The molecule has 0 spiro atoms. The summed E-state index contributed by atoms with van der Waals surface area (Å²) in [5, 5.41) is 10.0. The van der Waals surface area contributed by atoms with E-state index in [1.54, 1.807) is 0 Å². The normalized spacial score (nSPS) is 10.6. The molecule has 0 bridgehead atoms. The highest BCUT2D eigenvalue weighted by molar-refractivity contribution is 7.11. The zero-order chi connectivity index (χ0) is 13.0. The van der Waals surface area contributed by atoms with Crippen molar-refractivity contribution in [3.05, 3.63) is 45.4 Å². The number of aromatic nitrogens is 1. The number of benzene rings is 1. The first-order valence-electron chi connectivity index (χ1n) is 6.00. The third-order valence-electron chi connectivity index (χ3n) is 2.77. The van der Waals surface area contributed by atoms with Crippen molar-refractivity contribution in [1.29, 1.82) is 0 Å². The standard InChI is InChI=1S/C14H17NO2S/c1-3-11-4-6-12(7-5-11)17-9-14-15-10(2)13(8-16)18-14/h4-7,16H,3,8-9H2,1-2H3. The molecule has 96 valence electrons. The Kier molecular flexibility index (Phi) is 4.33. The van der Waals surface area contributed by atoms with Crippen LogP contribution in [-0.4, -0.2) is 10.1 Å². The summed E-state index contributed by atoms with van der Waals surface area (Å²) in [7, 11) is 0. The lowest BCUT2D eigenvalue weighted by Gasteiger charge is -2.04. The van der Waals surface area contributed by atoms with Gasteiger partial charge in [0.1, 0.15) is 17.4 Å². The van der Waals surface area contributed by atoms with Crippen molar-refractivity contribution in [2.45, 2.75) is 33.5 Å². The van der Waals surface area contributed by atoms with Gasteiger partial charge in [0.15, 0.2) is 0 Å². The average Bonchev–Trinajstić information content (AvgIpc) is 2.77. The molecule has 1 heterocycles. The minimum Gasteiger partial charge on any atom is -0.486 e. The van der Waals surface area contributed by atoms with Crippen molar-refractivity contribution in [3.8, 4) is 5.75 Å². The van der Waals surface area contributed by atoms with Crippen LogP contribution in [0.4, 0.5) is 0 Å². The van der Waals surface area contributed by atoms with Crippen molar-refractivity contribution in [2.24, 2.45) is 0 Å². The molecule has 18 heavy (non-hydrogen) atoms. The lowest BCUT2D eigenvalue weighted by Crippen LogP contribution is -1.94. The second-order valence-corrected chi connectivity index (χ2v) is 5.23. The predicted octanol–water partition coefficient (Wildman–Crippen LogP) is 3.09. The van der Waals surface area contributed by atoms with Crippen LogP contribution in [0, 0.1) is 6.92 Å². The lowest BCUT2D eigenvalue weighted by atomic mass is 10.2. The molecule has 0 atom stereocenters. The number of nitrogens with zero attached hydrogens (tertiary/aromatic N) is 1. The van der Waals surface area contributed by atoms with E-state index in [2.05, 4.69) is 24.0 Å². The number of thiazole rings is 1. The molecule has 3 nitrogen and oxygen atoms in total. The van der Waals surface area contributed by atoms with Gasteiger partial charge in [-0.25, -0.2) is 4.98 Å². The molecular formula is C14H17NO2S. The van der Waals surface area contributed by atoms with Gasteiger partial charge in [-0.15, -0.1) is 11.3 Å². The lowest BCUT2D eigenvalue weighted by molar-refractivity contribution is 0.284. The fourth-order valence-corrected chi connectivity index (χ4v) is 2.51. The van der Waals surface area contributed by atoms with Crippen molar-refractivity contribution in [1.82, 2.24) is 4.98 Å². The van der Waals surface area contributed by atoms with Crippen LogP contribution in [0.25, 0.3) is 0 Å². The highest BCUT2D eigenvalue weighted by atomic mass is 32.1. The summed E-state index contributed by atoms with van der Waals surface area (Å²) in [5.74, 6) is 0.852. The Hall–Kier alpha value is -1.39. The molecule has 2 aromatic rings. The Morgan fingerprint density at radius 2 is 2.00 bits per heavy atom. The largest absolute Gasteiger partial charge is 0.486 e. The molecule has 0 unspecified atom stereocenters. The minimum atomic E-state index is 0.0503. The van der Waals surface area contributed by atoms with Gasteiger partial charge in [-0.1, -0.05) is 19.1 Å². The van der Waals surface area contributed by atoms with E-state index in [0.717, 1.165) is 27.7 Å². The zero-order valence-electron chi connectivity index (χ0n) is 10.6. The molecule has 0 aliphatic rings. The van der Waals surface area contributed by atoms with Crippen LogP contribution < -0.4 is 4.74 Å². The van der Waals surface area contributed by atoms with E-state index in [0.29, 0.717) is 6.61 Å². The number of aryl methyl sites for hydroxylation is 2. The number of hydrogen-bond donors (Lipinski definition) is 1. The Balaban J connectivity index is 1.97. The average molecular weight is 263 g/mol. The first kappa shape index (κ1) is 13.1. The van der Waals surface area contributed by atoms with Gasteiger partial charge in [0.05, 0.1) is 17.2 Å². The van der Waals surface area contributed by atoms with E-state index in [1.807, 2.05) is 19.1 Å². The quantitative estimate of drug-likeness (QED) is 0.901. The van der Waals surface area contributed by atoms with Gasteiger partial charge in [-0.05, 0) is 31.0 Å². The number of aliphatic hydroxyl groups excluding tert-OH is 1. The van der Waals surface area contributed by atoms with Crippen molar-refractivity contribution in [2.75, 3.05) is 0 Å². The summed E-state index contributed by atoms with van der Waals surface area (Å²) in [6.07, 6.45) is 1.03. The third-order valence-corrected chi connectivity index (χ3v) is 3.89. The van der Waals surface area contributed by atoms with Gasteiger partial charge >= 0.3 is 0 Å². The van der Waals surface area contributed by atoms with Gasteiger partial charge in [-0.3, -0.25) is 0 Å². The van der Waals surface area contributed by atoms with Crippen LogP contribution >= 0.6 is 11.3 Å². The van der Waals surface area contributed by atoms with Gasteiger partial charge in [0.2, 0.25) is 0 Å². The molecule has 1 N–H and O–H groups in total. The maximum absolute atomic E-state index is 9.10. The summed E-state index contributed by atoms with van der Waals surface area (Å²) in [6.45, 7) is 4.54. The van der Waals surface area contributed by atoms with Crippen molar-refractivity contribution in [3.63, 3.8) is 0 Å². The maximum Gasteiger partial charge on any atom is 0.140 e. The van der Waals surface area contributed by atoms with Crippen LogP contribution in [0.5, 0.6) is 5.75 Å². The summed E-state index contributed by atoms with van der Waals surface area (Å²) < 4.78 is 5.67. The van der Waals surface area contributed by atoms with Gasteiger partial charge in [0, 0.05) is 0 Å². The smallest absolute Gasteiger partial charge is 0.140 e. The molecule has 0 aliphatic carbocycles. The maximum atomic E-state index is 9.10. The molecule has 1 aromatic heterocycles. The molecule has 0 saturated heterocycles. The Morgan fingerprint density at radius 3 is 2.56 bits per heavy atom. The summed E-state index contributed by atoms with van der Waals surface area (Å²) in [5.41, 5.74) is 2.19. The van der Waals surface area contributed by atoms with Crippen LogP contribution in [0.3, 0.4) is 0 Å². The van der Waals surface area contributed by atoms with E-state index in [-0.39, 0.29) is 6.61 Å². The van der Waals surface area contributed by atoms with Gasteiger partial charge in [-0.2, -0.15) is 0 Å². The molecule has 0 saturated carbocycles. The summed E-state index contributed by atoms with van der Waals surface area (Å²) in [4.78, 5) is 5.28. The first-order valence-corrected chi connectivity index (χ1v) is 6.82.